The van der Waals surface area contributed by atoms with E-state index in [1.54, 1.807) is 25.7 Å². The van der Waals surface area contributed by atoms with Crippen molar-refractivity contribution < 1.29 is 27.5 Å². The Labute approximate surface area is 144 Å². The van der Waals surface area contributed by atoms with Gasteiger partial charge >= 0.3 is 12.3 Å². The third-order valence-corrected chi connectivity index (χ3v) is 3.75. The van der Waals surface area contributed by atoms with E-state index in [2.05, 4.69) is 0 Å². The summed E-state index contributed by atoms with van der Waals surface area (Å²) in [5.41, 5.74) is -0.876. The minimum absolute atomic E-state index is 0.124. The highest BCUT2D eigenvalue weighted by Crippen LogP contribution is 2.31. The minimum Gasteiger partial charge on any atom is -0.444 e. The number of hydrogen-bond donors (Lipinski definition) is 0. The first-order valence-corrected chi connectivity index (χ1v) is 7.88. The van der Waals surface area contributed by atoms with Gasteiger partial charge in [-0.1, -0.05) is 0 Å². The molecule has 0 radical (unpaired) electrons. The van der Waals surface area contributed by atoms with Crippen LogP contribution in [-0.4, -0.2) is 48.6 Å². The van der Waals surface area contributed by atoms with E-state index >= 15 is 0 Å². The number of benzene rings is 1. The number of rotatable bonds is 2. The van der Waals surface area contributed by atoms with Crippen LogP contribution in [0.1, 0.15) is 26.3 Å². The van der Waals surface area contributed by atoms with Crippen LogP contribution in [0, 0.1) is 0 Å². The molecule has 138 valence electrons. The van der Waals surface area contributed by atoms with E-state index in [-0.39, 0.29) is 6.54 Å². The molecule has 1 aromatic rings. The highest BCUT2D eigenvalue weighted by Gasteiger charge is 2.33. The fraction of sp³-hybridized carbons (Fsp3) is 0.529. The summed E-state index contributed by atoms with van der Waals surface area (Å²) in [5, 5.41) is 0. The maximum Gasteiger partial charge on any atom is 0.416 e. The van der Waals surface area contributed by atoms with Crippen LogP contribution in [-0.2, 0) is 15.7 Å². The van der Waals surface area contributed by atoms with E-state index in [0.717, 1.165) is 12.1 Å². The van der Waals surface area contributed by atoms with Crippen molar-refractivity contribution in [1.82, 2.24) is 4.90 Å². The largest absolute Gasteiger partial charge is 0.444 e. The highest BCUT2D eigenvalue weighted by atomic mass is 19.4. The Kier molecular flexibility index (Phi) is 5.29. The van der Waals surface area contributed by atoms with Gasteiger partial charge < -0.3 is 19.3 Å². The number of aldehydes is 1. The predicted octanol–water partition coefficient (Wildman–Crippen LogP) is 3.33. The average Bonchev–Trinajstić information content (AvgIpc) is 2.52. The van der Waals surface area contributed by atoms with Gasteiger partial charge in [0.2, 0.25) is 0 Å². The number of piperazine rings is 1. The van der Waals surface area contributed by atoms with Gasteiger partial charge in [0, 0.05) is 18.8 Å². The van der Waals surface area contributed by atoms with E-state index in [1.807, 2.05) is 0 Å². The van der Waals surface area contributed by atoms with E-state index in [1.165, 1.54) is 17.0 Å². The molecule has 0 unspecified atom stereocenters. The highest BCUT2D eigenvalue weighted by molar-refractivity contribution is 5.73. The summed E-state index contributed by atoms with van der Waals surface area (Å²) >= 11 is 0. The van der Waals surface area contributed by atoms with Crippen molar-refractivity contribution in [3.05, 3.63) is 29.8 Å². The Morgan fingerprint density at radius 1 is 1.16 bits per heavy atom. The van der Waals surface area contributed by atoms with Gasteiger partial charge in [0.15, 0.2) is 0 Å². The Hall–Kier alpha value is -2.25. The van der Waals surface area contributed by atoms with Crippen LogP contribution in [0.4, 0.5) is 23.7 Å². The lowest BCUT2D eigenvalue weighted by atomic mass is 10.1. The first-order chi connectivity index (χ1) is 11.5. The molecule has 1 amide bonds. The normalized spacial score (nSPS) is 18.9. The lowest BCUT2D eigenvalue weighted by Gasteiger charge is -2.40. The van der Waals surface area contributed by atoms with Gasteiger partial charge in [-0.15, -0.1) is 0 Å². The van der Waals surface area contributed by atoms with Crippen molar-refractivity contribution in [2.45, 2.75) is 38.6 Å². The lowest BCUT2D eigenvalue weighted by molar-refractivity contribution is -0.137. The monoisotopic (exact) mass is 358 g/mol. The van der Waals surface area contributed by atoms with E-state index in [0.29, 0.717) is 25.1 Å². The molecule has 1 saturated heterocycles. The molecule has 0 aromatic heterocycles. The first kappa shape index (κ1) is 19.1. The van der Waals surface area contributed by atoms with Crippen LogP contribution >= 0.6 is 0 Å². The van der Waals surface area contributed by atoms with Gasteiger partial charge in [-0.2, -0.15) is 13.2 Å². The fourth-order valence-corrected chi connectivity index (χ4v) is 2.58. The maximum atomic E-state index is 12.7. The van der Waals surface area contributed by atoms with Crippen LogP contribution < -0.4 is 4.90 Å². The molecule has 0 aliphatic carbocycles. The zero-order valence-corrected chi connectivity index (χ0v) is 14.3. The Balaban J connectivity index is 2.09. The van der Waals surface area contributed by atoms with E-state index in [9.17, 15) is 22.8 Å². The molecule has 1 atom stereocenters. The summed E-state index contributed by atoms with van der Waals surface area (Å²) in [7, 11) is 0. The zero-order valence-electron chi connectivity index (χ0n) is 14.3. The number of nitrogens with zero attached hydrogens (tertiary/aromatic N) is 2. The second-order valence-corrected chi connectivity index (χ2v) is 6.87. The lowest BCUT2D eigenvalue weighted by Crippen LogP contribution is -2.56. The Morgan fingerprint density at radius 2 is 1.76 bits per heavy atom. The third-order valence-electron chi connectivity index (χ3n) is 3.75. The molecule has 5 nitrogen and oxygen atoms in total. The smallest absolute Gasteiger partial charge is 0.416 e. The Bertz CT molecular complexity index is 624. The quantitative estimate of drug-likeness (QED) is 0.761. The van der Waals surface area contributed by atoms with Crippen molar-refractivity contribution in [2.75, 3.05) is 24.5 Å². The number of hydrogen-bond acceptors (Lipinski definition) is 4. The van der Waals surface area contributed by atoms with Crippen LogP contribution in [0.3, 0.4) is 0 Å². The van der Waals surface area contributed by atoms with Gasteiger partial charge in [0.05, 0.1) is 12.1 Å². The number of carbonyl (C=O) groups is 2. The summed E-state index contributed by atoms with van der Waals surface area (Å²) in [5.74, 6) is 0. The second-order valence-electron chi connectivity index (χ2n) is 6.87. The first-order valence-electron chi connectivity index (χ1n) is 7.88. The summed E-state index contributed by atoms with van der Waals surface area (Å²) in [6.45, 7) is 6.02. The maximum absolute atomic E-state index is 12.7. The van der Waals surface area contributed by atoms with Gasteiger partial charge in [-0.3, -0.25) is 0 Å². The summed E-state index contributed by atoms with van der Waals surface area (Å²) in [6.07, 6.45) is -4.22. The SMILES string of the molecule is CC(C)(C)OC(=O)N1CCN(c2ccc(C(F)(F)F)cc2)[C@@H](C=O)C1. The molecule has 2 rings (SSSR count). The van der Waals surface area contributed by atoms with Crippen molar-refractivity contribution >= 4 is 18.1 Å². The molecule has 1 aliphatic heterocycles. The number of alkyl halides is 3. The number of amides is 1. The van der Waals surface area contributed by atoms with Gasteiger partial charge in [0.25, 0.3) is 0 Å². The van der Waals surface area contributed by atoms with Crippen molar-refractivity contribution in [1.29, 1.82) is 0 Å². The van der Waals surface area contributed by atoms with Crippen LogP contribution in [0.25, 0.3) is 0 Å². The van der Waals surface area contributed by atoms with Crippen LogP contribution in [0.5, 0.6) is 0 Å². The van der Waals surface area contributed by atoms with E-state index in [4.69, 9.17) is 4.74 Å². The molecule has 0 saturated carbocycles. The molecule has 8 heteroatoms. The zero-order chi connectivity index (χ0) is 18.8. The molecule has 1 heterocycles. The summed E-state index contributed by atoms with van der Waals surface area (Å²) in [4.78, 5) is 26.7. The molecular formula is C17H21F3N2O3. The van der Waals surface area contributed by atoms with Crippen molar-refractivity contribution in [3.8, 4) is 0 Å². The van der Waals surface area contributed by atoms with Crippen LogP contribution in [0.15, 0.2) is 24.3 Å². The van der Waals surface area contributed by atoms with Gasteiger partial charge in [-0.25, -0.2) is 4.79 Å². The molecular weight excluding hydrogens is 337 g/mol. The van der Waals surface area contributed by atoms with E-state index < -0.39 is 29.5 Å². The third kappa shape index (κ3) is 4.87. The molecule has 1 aliphatic rings. The number of ether oxygens (including phenoxy) is 1. The molecule has 0 spiro atoms. The fourth-order valence-electron chi connectivity index (χ4n) is 2.58. The molecule has 1 aromatic carbocycles. The molecule has 0 bridgehead atoms. The van der Waals surface area contributed by atoms with Crippen molar-refractivity contribution in [2.24, 2.45) is 0 Å². The Morgan fingerprint density at radius 3 is 2.24 bits per heavy atom. The average molecular weight is 358 g/mol. The van der Waals surface area contributed by atoms with Crippen LogP contribution in [0.2, 0.25) is 0 Å². The molecule has 25 heavy (non-hydrogen) atoms. The van der Waals surface area contributed by atoms with Gasteiger partial charge in [-0.05, 0) is 45.0 Å². The summed E-state index contributed by atoms with van der Waals surface area (Å²) in [6, 6.07) is 4.00. The van der Waals surface area contributed by atoms with Gasteiger partial charge in [0.1, 0.15) is 17.9 Å². The second kappa shape index (κ2) is 6.93. The summed E-state index contributed by atoms with van der Waals surface area (Å²) < 4.78 is 43.2. The predicted molar refractivity (Wildman–Crippen MR) is 86.4 cm³/mol. The standard InChI is InChI=1S/C17H21F3N2O3/c1-16(2,3)25-15(24)21-8-9-22(14(10-21)11-23)13-6-4-12(5-7-13)17(18,19)20/h4-7,11,14H,8-10H2,1-3H3/t14-/m1/s1. The molecule has 0 N–H and O–H groups in total. The number of carbonyl (C=O) groups excluding carboxylic acids is 2. The number of halogens is 3. The number of anilines is 1. The molecule has 1 fully saturated rings. The topological polar surface area (TPSA) is 49.9 Å². The van der Waals surface area contributed by atoms with Crippen molar-refractivity contribution in [3.63, 3.8) is 0 Å². The minimum atomic E-state index is -4.40.